The first-order valence-corrected chi connectivity index (χ1v) is 15.7. The number of hydrogen-bond acceptors (Lipinski definition) is 8. The number of carbonyl (C=O) groups excluding carboxylic acids is 1. The first-order valence-electron chi connectivity index (χ1n) is 13.8. The summed E-state index contributed by atoms with van der Waals surface area (Å²) in [5, 5.41) is 16.7. The maximum absolute atomic E-state index is 14.1. The molecule has 0 atom stereocenters. The Morgan fingerprint density at radius 3 is 2.56 bits per heavy atom. The van der Waals surface area contributed by atoms with Crippen molar-refractivity contribution in [3.05, 3.63) is 94.4 Å². The summed E-state index contributed by atoms with van der Waals surface area (Å²) >= 11 is 6.17. The molecule has 45 heavy (non-hydrogen) atoms. The summed E-state index contributed by atoms with van der Waals surface area (Å²) in [7, 11) is -4.27. The third-order valence-corrected chi connectivity index (χ3v) is 8.78. The molecular formula is C30H29ClFN5O7S. The van der Waals surface area contributed by atoms with Gasteiger partial charge in [0.1, 0.15) is 16.5 Å². The number of hydrogen-bond donors (Lipinski definition) is 3. The van der Waals surface area contributed by atoms with E-state index in [2.05, 4.69) is 20.0 Å². The Hall–Kier alpha value is -4.34. The van der Waals surface area contributed by atoms with Crippen molar-refractivity contribution in [2.24, 2.45) is 0 Å². The average Bonchev–Trinajstić information content (AvgIpc) is 3.34. The van der Waals surface area contributed by atoms with Crippen molar-refractivity contribution in [2.75, 3.05) is 44.7 Å². The summed E-state index contributed by atoms with van der Waals surface area (Å²) in [4.78, 5) is 26.6. The molecule has 12 nitrogen and oxygen atoms in total. The van der Waals surface area contributed by atoms with E-state index in [4.69, 9.17) is 21.1 Å². The molecule has 0 bridgehead atoms. The summed E-state index contributed by atoms with van der Waals surface area (Å²) in [6, 6.07) is 15.6. The van der Waals surface area contributed by atoms with Gasteiger partial charge in [0.25, 0.3) is 5.91 Å². The zero-order chi connectivity index (χ0) is 32.1. The van der Waals surface area contributed by atoms with E-state index in [0.29, 0.717) is 32.8 Å². The largest absolute Gasteiger partial charge is 0.476 e. The molecule has 3 aromatic carbocycles. The number of amides is 1. The molecule has 1 aliphatic rings. The van der Waals surface area contributed by atoms with Gasteiger partial charge in [-0.05, 0) is 55.5 Å². The van der Waals surface area contributed by atoms with E-state index in [9.17, 15) is 27.5 Å². The van der Waals surface area contributed by atoms with E-state index < -0.39 is 27.7 Å². The number of carbonyl (C=O) groups is 2. The Bertz CT molecular complexity index is 1840. The van der Waals surface area contributed by atoms with Gasteiger partial charge >= 0.3 is 5.97 Å². The van der Waals surface area contributed by atoms with Crippen LogP contribution >= 0.6 is 11.6 Å². The zero-order valence-corrected chi connectivity index (χ0v) is 25.6. The SMILES string of the molecule is Cc1c(C(=O)O)nn(-c2cccc(F)c2)c1Oc1ccc(NC(=O)c2ccccc2Cl)cc1S(=O)(=O)NCCN1CCOCC1. The Morgan fingerprint density at radius 2 is 1.84 bits per heavy atom. The molecule has 3 N–H and O–H groups in total. The predicted molar refractivity (Wildman–Crippen MR) is 164 cm³/mol. The fourth-order valence-corrected chi connectivity index (χ4v) is 6.05. The van der Waals surface area contributed by atoms with Crippen molar-refractivity contribution in [3.63, 3.8) is 0 Å². The first kappa shape index (κ1) is 32.1. The maximum Gasteiger partial charge on any atom is 0.356 e. The lowest BCUT2D eigenvalue weighted by Gasteiger charge is -2.26. The van der Waals surface area contributed by atoms with Gasteiger partial charge in [0, 0.05) is 37.4 Å². The van der Waals surface area contributed by atoms with Gasteiger partial charge in [0.15, 0.2) is 5.69 Å². The Morgan fingerprint density at radius 1 is 1.09 bits per heavy atom. The van der Waals surface area contributed by atoms with Crippen molar-refractivity contribution in [1.29, 1.82) is 0 Å². The fourth-order valence-electron chi connectivity index (χ4n) is 4.66. The van der Waals surface area contributed by atoms with Crippen LogP contribution in [-0.4, -0.2) is 79.5 Å². The number of aromatic nitrogens is 2. The molecule has 15 heteroatoms. The molecule has 0 unspecified atom stereocenters. The van der Waals surface area contributed by atoms with E-state index in [0.717, 1.165) is 10.7 Å². The number of benzene rings is 3. The number of halogens is 2. The molecule has 0 spiro atoms. The van der Waals surface area contributed by atoms with Gasteiger partial charge in [-0.15, -0.1) is 0 Å². The molecule has 4 aromatic rings. The second-order valence-electron chi connectivity index (χ2n) is 10.0. The van der Waals surface area contributed by atoms with Gasteiger partial charge in [0.2, 0.25) is 15.9 Å². The van der Waals surface area contributed by atoms with Crippen LogP contribution in [0.4, 0.5) is 10.1 Å². The highest BCUT2D eigenvalue weighted by Crippen LogP contribution is 2.35. The number of carboxylic acid groups (broad SMARTS) is 1. The van der Waals surface area contributed by atoms with Gasteiger partial charge in [-0.2, -0.15) is 9.78 Å². The summed E-state index contributed by atoms with van der Waals surface area (Å²) in [6.45, 7) is 4.36. The lowest BCUT2D eigenvalue weighted by molar-refractivity contribution is 0.0390. The van der Waals surface area contributed by atoms with Crippen LogP contribution in [-0.2, 0) is 14.8 Å². The maximum atomic E-state index is 14.1. The van der Waals surface area contributed by atoms with Gasteiger partial charge in [0.05, 0.1) is 29.5 Å². The highest BCUT2D eigenvalue weighted by Gasteiger charge is 2.27. The molecule has 1 amide bonds. The second-order valence-corrected chi connectivity index (χ2v) is 12.2. The molecule has 1 saturated heterocycles. The number of morpholine rings is 1. The first-order chi connectivity index (χ1) is 21.5. The molecule has 236 valence electrons. The van der Waals surface area contributed by atoms with Crippen LogP contribution in [0.1, 0.15) is 26.4 Å². The summed E-state index contributed by atoms with van der Waals surface area (Å²) in [6.07, 6.45) is 0. The quantitative estimate of drug-likeness (QED) is 0.214. The van der Waals surface area contributed by atoms with Gasteiger partial charge in [-0.25, -0.2) is 22.3 Å². The lowest BCUT2D eigenvalue weighted by Crippen LogP contribution is -2.41. The summed E-state index contributed by atoms with van der Waals surface area (Å²) < 4.78 is 56.6. The van der Waals surface area contributed by atoms with E-state index in [1.807, 2.05) is 0 Å². The fraction of sp³-hybridized carbons (Fsp3) is 0.233. The van der Waals surface area contributed by atoms with E-state index in [-0.39, 0.29) is 56.3 Å². The molecule has 5 rings (SSSR count). The Kier molecular flexibility index (Phi) is 9.80. The van der Waals surface area contributed by atoms with Crippen LogP contribution in [0.3, 0.4) is 0 Å². The van der Waals surface area contributed by atoms with E-state index in [1.54, 1.807) is 18.2 Å². The molecule has 0 aliphatic carbocycles. The molecular weight excluding hydrogens is 629 g/mol. The number of nitrogens with one attached hydrogen (secondary N) is 2. The van der Waals surface area contributed by atoms with Crippen LogP contribution in [0.5, 0.6) is 11.6 Å². The average molecular weight is 658 g/mol. The standard InChI is InChI=1S/C30H29ClFN5O7S/c1-19-27(30(39)40)35-37(22-6-4-5-20(32)17-22)29(19)44-25-10-9-21(34-28(38)23-7-2-3-8-24(23)31)18-26(25)45(41,42)33-11-12-36-13-15-43-16-14-36/h2-10,17-18,33H,11-16H2,1H3,(H,34,38)(H,39,40). The minimum absolute atomic E-state index is 0.0708. The minimum atomic E-state index is -4.27. The van der Waals surface area contributed by atoms with Crippen molar-refractivity contribution >= 4 is 39.2 Å². The molecule has 0 radical (unpaired) electrons. The third kappa shape index (κ3) is 7.49. The minimum Gasteiger partial charge on any atom is -0.476 e. The van der Waals surface area contributed by atoms with Crippen LogP contribution < -0.4 is 14.8 Å². The van der Waals surface area contributed by atoms with Crippen molar-refractivity contribution in [1.82, 2.24) is 19.4 Å². The zero-order valence-electron chi connectivity index (χ0n) is 24.0. The molecule has 0 saturated carbocycles. The number of aromatic carboxylic acids is 1. The predicted octanol–water partition coefficient (Wildman–Crippen LogP) is 4.33. The second kappa shape index (κ2) is 13.7. The number of ether oxygens (including phenoxy) is 2. The highest BCUT2D eigenvalue weighted by atomic mass is 35.5. The van der Waals surface area contributed by atoms with Crippen LogP contribution in [0.25, 0.3) is 5.69 Å². The number of nitrogens with zero attached hydrogens (tertiary/aromatic N) is 3. The topological polar surface area (TPSA) is 152 Å². The van der Waals surface area contributed by atoms with Gasteiger partial charge < -0.3 is 19.9 Å². The lowest BCUT2D eigenvalue weighted by atomic mass is 10.2. The van der Waals surface area contributed by atoms with Gasteiger partial charge in [-0.3, -0.25) is 9.69 Å². The Labute approximate surface area is 263 Å². The third-order valence-electron chi connectivity index (χ3n) is 6.96. The number of rotatable bonds is 11. The number of anilines is 1. The van der Waals surface area contributed by atoms with Crippen LogP contribution in [0.2, 0.25) is 5.02 Å². The van der Waals surface area contributed by atoms with Crippen molar-refractivity contribution < 1.29 is 37.0 Å². The normalized spacial score (nSPS) is 13.8. The number of carboxylic acids is 1. The molecule has 1 fully saturated rings. The molecule has 2 heterocycles. The summed E-state index contributed by atoms with van der Waals surface area (Å²) in [5.41, 5.74) is 0.167. The van der Waals surface area contributed by atoms with Crippen molar-refractivity contribution in [2.45, 2.75) is 11.8 Å². The smallest absolute Gasteiger partial charge is 0.356 e. The monoisotopic (exact) mass is 657 g/mol. The number of sulfonamides is 1. The van der Waals surface area contributed by atoms with E-state index >= 15 is 0 Å². The van der Waals surface area contributed by atoms with Crippen molar-refractivity contribution in [3.8, 4) is 17.3 Å². The van der Waals surface area contributed by atoms with Gasteiger partial charge in [-0.1, -0.05) is 29.8 Å². The van der Waals surface area contributed by atoms with Crippen LogP contribution in [0, 0.1) is 12.7 Å². The Balaban J connectivity index is 1.52. The molecule has 1 aliphatic heterocycles. The highest BCUT2D eigenvalue weighted by molar-refractivity contribution is 7.89. The van der Waals surface area contributed by atoms with E-state index in [1.165, 1.54) is 49.4 Å². The summed E-state index contributed by atoms with van der Waals surface area (Å²) in [5.74, 6) is -2.86. The van der Waals surface area contributed by atoms with Crippen LogP contribution in [0.15, 0.2) is 71.6 Å². The molecule has 1 aromatic heterocycles.